The fourth-order valence-electron chi connectivity index (χ4n) is 3.88. The van der Waals surface area contributed by atoms with E-state index in [1.807, 2.05) is 38.1 Å². The number of carbonyl (C=O) groups is 2. The molecule has 0 saturated heterocycles. The van der Waals surface area contributed by atoms with Crippen LogP contribution in [0.15, 0.2) is 60.7 Å². The molecule has 178 valence electrons. The summed E-state index contributed by atoms with van der Waals surface area (Å²) >= 11 is 1.51. The molecule has 0 bridgehead atoms. The van der Waals surface area contributed by atoms with Gasteiger partial charge in [0.25, 0.3) is 5.91 Å². The molecular formula is C26H30N4O3S. The third-order valence-electron chi connectivity index (χ3n) is 5.67. The van der Waals surface area contributed by atoms with Crippen LogP contribution < -0.4 is 15.4 Å². The number of carbonyl (C=O) groups excluding carboxylic acids is 2. The van der Waals surface area contributed by atoms with Crippen LogP contribution in [0.2, 0.25) is 0 Å². The summed E-state index contributed by atoms with van der Waals surface area (Å²) in [6.07, 6.45) is 0.857. The van der Waals surface area contributed by atoms with Gasteiger partial charge in [-0.25, -0.2) is 4.98 Å². The number of para-hydroxylation sites is 1. The lowest BCUT2D eigenvalue weighted by atomic mass is 10.0. The standard InChI is InChI=1S/C26H30N4O3S/c1-18(2)24(28-23(31)17-33-20-11-7-4-8-12-20)25(32)29-26-27-21-13-14-30(16-22(21)34-26)15-19-9-5-3-6-10-19/h3-12,18,24H,13-17H2,1-2H3,(H,28,31)(H,27,29,32)/t24-/m0/s1. The van der Waals surface area contributed by atoms with Gasteiger partial charge in [0.15, 0.2) is 11.7 Å². The number of rotatable bonds is 9. The summed E-state index contributed by atoms with van der Waals surface area (Å²) in [5.74, 6) is -0.0857. The van der Waals surface area contributed by atoms with Crippen molar-refractivity contribution in [3.8, 4) is 5.75 Å². The second kappa shape index (κ2) is 11.3. The van der Waals surface area contributed by atoms with Gasteiger partial charge in [0, 0.05) is 30.9 Å². The molecule has 1 aliphatic rings. The second-order valence-electron chi connectivity index (χ2n) is 8.72. The number of nitrogens with zero attached hydrogens (tertiary/aromatic N) is 2. The van der Waals surface area contributed by atoms with Crippen molar-refractivity contribution in [3.63, 3.8) is 0 Å². The van der Waals surface area contributed by atoms with Crippen molar-refractivity contribution >= 4 is 28.3 Å². The van der Waals surface area contributed by atoms with Crippen LogP contribution in [-0.2, 0) is 29.1 Å². The van der Waals surface area contributed by atoms with Gasteiger partial charge in [-0.05, 0) is 23.6 Å². The Morgan fingerprint density at radius 3 is 2.50 bits per heavy atom. The quantitative estimate of drug-likeness (QED) is 0.488. The topological polar surface area (TPSA) is 83.6 Å². The van der Waals surface area contributed by atoms with Crippen LogP contribution >= 0.6 is 11.3 Å². The molecule has 2 amide bonds. The Morgan fingerprint density at radius 1 is 1.09 bits per heavy atom. The Morgan fingerprint density at radius 2 is 1.79 bits per heavy atom. The number of aromatic nitrogens is 1. The van der Waals surface area contributed by atoms with Crippen molar-refractivity contribution < 1.29 is 14.3 Å². The van der Waals surface area contributed by atoms with E-state index >= 15 is 0 Å². The normalized spacial score (nSPS) is 14.3. The highest BCUT2D eigenvalue weighted by atomic mass is 32.1. The van der Waals surface area contributed by atoms with Crippen LogP contribution in [0.3, 0.4) is 0 Å². The zero-order valence-electron chi connectivity index (χ0n) is 19.5. The zero-order chi connectivity index (χ0) is 23.9. The van der Waals surface area contributed by atoms with Crippen LogP contribution in [-0.4, -0.2) is 40.9 Å². The monoisotopic (exact) mass is 478 g/mol. The maximum atomic E-state index is 13.0. The molecule has 3 aromatic rings. The van der Waals surface area contributed by atoms with Crippen molar-refractivity contribution in [2.75, 3.05) is 18.5 Å². The zero-order valence-corrected chi connectivity index (χ0v) is 20.3. The molecule has 7 nitrogen and oxygen atoms in total. The molecule has 1 aromatic heterocycles. The SMILES string of the molecule is CC(C)[C@H](NC(=O)COc1ccccc1)C(=O)Nc1nc2c(s1)CN(Cc1ccccc1)CC2. The van der Waals surface area contributed by atoms with Crippen LogP contribution in [0.5, 0.6) is 5.75 Å². The summed E-state index contributed by atoms with van der Waals surface area (Å²) in [7, 11) is 0. The second-order valence-corrected chi connectivity index (χ2v) is 9.80. The molecule has 2 N–H and O–H groups in total. The lowest BCUT2D eigenvalue weighted by Crippen LogP contribution is -2.48. The van der Waals surface area contributed by atoms with E-state index in [0.717, 1.165) is 31.7 Å². The number of fused-ring (bicyclic) bond motifs is 1. The molecule has 0 spiro atoms. The van der Waals surface area contributed by atoms with E-state index in [1.54, 1.807) is 12.1 Å². The first kappa shape index (κ1) is 23.9. The van der Waals surface area contributed by atoms with E-state index in [0.29, 0.717) is 10.9 Å². The Kier molecular flexibility index (Phi) is 7.92. The summed E-state index contributed by atoms with van der Waals surface area (Å²) < 4.78 is 5.50. The van der Waals surface area contributed by atoms with E-state index < -0.39 is 6.04 Å². The molecule has 1 aliphatic heterocycles. The fourth-order valence-corrected chi connectivity index (χ4v) is 4.93. The highest BCUT2D eigenvalue weighted by Gasteiger charge is 2.27. The van der Waals surface area contributed by atoms with Gasteiger partial charge in [-0.1, -0.05) is 62.4 Å². The van der Waals surface area contributed by atoms with Gasteiger partial charge in [0.05, 0.1) is 5.69 Å². The predicted molar refractivity (Wildman–Crippen MR) is 134 cm³/mol. The molecule has 2 heterocycles. The lowest BCUT2D eigenvalue weighted by Gasteiger charge is -2.25. The van der Waals surface area contributed by atoms with Crippen LogP contribution in [0.1, 0.15) is 30.0 Å². The Balaban J connectivity index is 1.32. The highest BCUT2D eigenvalue weighted by molar-refractivity contribution is 7.15. The van der Waals surface area contributed by atoms with Gasteiger partial charge < -0.3 is 15.4 Å². The van der Waals surface area contributed by atoms with Crippen molar-refractivity contribution in [1.82, 2.24) is 15.2 Å². The minimum atomic E-state index is -0.678. The van der Waals surface area contributed by atoms with Crippen molar-refractivity contribution in [3.05, 3.63) is 76.8 Å². The van der Waals surface area contributed by atoms with Crippen LogP contribution in [0.25, 0.3) is 0 Å². The molecule has 0 saturated carbocycles. The number of hydrogen-bond acceptors (Lipinski definition) is 6. The molecule has 0 aliphatic carbocycles. The minimum absolute atomic E-state index is 0.0865. The number of ether oxygens (including phenoxy) is 1. The Bertz CT molecular complexity index is 1100. The number of thiazole rings is 1. The van der Waals surface area contributed by atoms with Gasteiger partial charge in [-0.3, -0.25) is 14.5 Å². The Hall–Kier alpha value is -3.23. The van der Waals surface area contributed by atoms with Gasteiger partial charge in [-0.15, -0.1) is 11.3 Å². The summed E-state index contributed by atoms with van der Waals surface area (Å²) in [6.45, 7) is 6.30. The van der Waals surface area contributed by atoms with E-state index in [2.05, 4.69) is 44.8 Å². The third-order valence-corrected chi connectivity index (χ3v) is 6.67. The molecule has 34 heavy (non-hydrogen) atoms. The summed E-state index contributed by atoms with van der Waals surface area (Å²) in [4.78, 5) is 33.6. The first-order chi connectivity index (χ1) is 16.5. The number of nitrogens with one attached hydrogen (secondary N) is 2. The molecule has 0 radical (unpaired) electrons. The number of hydrogen-bond donors (Lipinski definition) is 2. The average Bonchev–Trinajstić information content (AvgIpc) is 3.23. The highest BCUT2D eigenvalue weighted by Crippen LogP contribution is 2.29. The fraction of sp³-hybridized carbons (Fsp3) is 0.346. The maximum Gasteiger partial charge on any atom is 0.258 e. The largest absolute Gasteiger partial charge is 0.484 e. The van der Waals surface area contributed by atoms with Gasteiger partial charge in [0.1, 0.15) is 11.8 Å². The lowest BCUT2D eigenvalue weighted by molar-refractivity contribution is -0.128. The molecule has 4 rings (SSSR count). The summed E-state index contributed by atoms with van der Waals surface area (Å²) in [5, 5.41) is 6.29. The van der Waals surface area contributed by atoms with E-state index in [4.69, 9.17) is 4.74 Å². The predicted octanol–water partition coefficient (Wildman–Crippen LogP) is 3.86. The van der Waals surface area contributed by atoms with Crippen LogP contribution in [0, 0.1) is 5.92 Å². The molecule has 2 aromatic carbocycles. The molecule has 8 heteroatoms. The number of anilines is 1. The van der Waals surface area contributed by atoms with Crippen molar-refractivity contribution in [2.24, 2.45) is 5.92 Å². The van der Waals surface area contributed by atoms with Gasteiger partial charge in [0.2, 0.25) is 5.91 Å². The van der Waals surface area contributed by atoms with E-state index in [9.17, 15) is 9.59 Å². The van der Waals surface area contributed by atoms with Crippen molar-refractivity contribution in [1.29, 1.82) is 0 Å². The minimum Gasteiger partial charge on any atom is -0.484 e. The van der Waals surface area contributed by atoms with E-state index in [1.165, 1.54) is 21.8 Å². The first-order valence-electron chi connectivity index (χ1n) is 11.5. The summed E-state index contributed by atoms with van der Waals surface area (Å²) in [5.41, 5.74) is 2.33. The average molecular weight is 479 g/mol. The number of benzene rings is 2. The molecule has 0 fully saturated rings. The molecule has 1 atom stereocenters. The summed E-state index contributed by atoms with van der Waals surface area (Å²) in [6, 6.07) is 18.9. The van der Waals surface area contributed by atoms with Crippen LogP contribution in [0.4, 0.5) is 5.13 Å². The first-order valence-corrected chi connectivity index (χ1v) is 12.3. The maximum absolute atomic E-state index is 13.0. The third kappa shape index (κ3) is 6.42. The Labute approximate surface area is 204 Å². The number of amides is 2. The van der Waals surface area contributed by atoms with Gasteiger partial charge >= 0.3 is 0 Å². The van der Waals surface area contributed by atoms with Gasteiger partial charge in [-0.2, -0.15) is 0 Å². The molecule has 0 unspecified atom stereocenters. The van der Waals surface area contributed by atoms with E-state index in [-0.39, 0.29) is 24.3 Å². The smallest absolute Gasteiger partial charge is 0.258 e. The van der Waals surface area contributed by atoms with Crippen molar-refractivity contribution in [2.45, 2.75) is 39.4 Å². The molecular weight excluding hydrogens is 448 g/mol.